The highest BCUT2D eigenvalue weighted by Crippen LogP contribution is 2.25. The maximum absolute atomic E-state index is 12.4. The van der Waals surface area contributed by atoms with Crippen molar-refractivity contribution in [3.05, 3.63) is 33.6 Å². The molecule has 2 aromatic rings. The number of hydrogen-bond donors (Lipinski definition) is 2. The Kier molecular flexibility index (Phi) is 4.41. The minimum Gasteiger partial charge on any atom is -0.310 e. The zero-order valence-electron chi connectivity index (χ0n) is 11.6. The Balaban J connectivity index is 1.66. The Hall–Kier alpha value is -0.800. The van der Waals surface area contributed by atoms with Gasteiger partial charge in [0.25, 0.3) is 10.0 Å². The monoisotopic (exact) mass is 343 g/mol. The van der Waals surface area contributed by atoms with Crippen LogP contribution in [0.2, 0.25) is 0 Å². The third kappa shape index (κ3) is 3.89. The van der Waals surface area contributed by atoms with E-state index in [4.69, 9.17) is 0 Å². The summed E-state index contributed by atoms with van der Waals surface area (Å²) in [6.45, 7) is 2.54. The number of nitrogens with zero attached hydrogens (tertiary/aromatic N) is 1. The highest BCUT2D eigenvalue weighted by atomic mass is 32.2. The molecular weight excluding hydrogens is 326 g/mol. The molecule has 1 saturated carbocycles. The SMILES string of the molecule is CC(NS(=O)(=O)c1cc(CNC2CC2)cs1)c1nccs1. The van der Waals surface area contributed by atoms with Gasteiger partial charge in [-0.25, -0.2) is 18.1 Å². The van der Waals surface area contributed by atoms with Crippen molar-refractivity contribution in [1.82, 2.24) is 15.0 Å². The predicted molar refractivity (Wildman–Crippen MR) is 85.0 cm³/mol. The Bertz CT molecular complexity index is 690. The average molecular weight is 343 g/mol. The van der Waals surface area contributed by atoms with Crippen molar-refractivity contribution in [2.24, 2.45) is 0 Å². The van der Waals surface area contributed by atoms with Crippen LogP contribution < -0.4 is 10.0 Å². The third-order valence-corrected chi connectivity index (χ3v) is 7.21. The summed E-state index contributed by atoms with van der Waals surface area (Å²) in [6.07, 6.45) is 4.13. The lowest BCUT2D eigenvalue weighted by Crippen LogP contribution is -2.26. The molecule has 2 N–H and O–H groups in total. The number of thiazole rings is 1. The van der Waals surface area contributed by atoms with Gasteiger partial charge >= 0.3 is 0 Å². The first kappa shape index (κ1) is 15.1. The molecule has 3 rings (SSSR count). The topological polar surface area (TPSA) is 71.1 Å². The molecule has 2 aromatic heterocycles. The summed E-state index contributed by atoms with van der Waals surface area (Å²) in [6, 6.07) is 2.05. The molecule has 114 valence electrons. The van der Waals surface area contributed by atoms with E-state index < -0.39 is 10.0 Å². The molecule has 0 bridgehead atoms. The van der Waals surface area contributed by atoms with Crippen LogP contribution in [0.5, 0.6) is 0 Å². The lowest BCUT2D eigenvalue weighted by molar-refractivity contribution is 0.568. The summed E-state index contributed by atoms with van der Waals surface area (Å²) in [4.78, 5) is 4.14. The van der Waals surface area contributed by atoms with Crippen LogP contribution in [0.4, 0.5) is 0 Å². The Morgan fingerprint density at radius 1 is 1.43 bits per heavy atom. The van der Waals surface area contributed by atoms with Gasteiger partial charge in [0, 0.05) is 24.2 Å². The smallest absolute Gasteiger partial charge is 0.250 e. The fraction of sp³-hybridized carbons (Fsp3) is 0.462. The molecule has 21 heavy (non-hydrogen) atoms. The van der Waals surface area contributed by atoms with Gasteiger partial charge in [0.05, 0.1) is 6.04 Å². The van der Waals surface area contributed by atoms with E-state index in [1.807, 2.05) is 10.8 Å². The Labute approximate surface area is 132 Å². The predicted octanol–water partition coefficient (Wildman–Crippen LogP) is 2.50. The van der Waals surface area contributed by atoms with E-state index in [-0.39, 0.29) is 6.04 Å². The maximum atomic E-state index is 12.4. The molecule has 0 amide bonds. The van der Waals surface area contributed by atoms with Crippen molar-refractivity contribution in [1.29, 1.82) is 0 Å². The highest BCUT2D eigenvalue weighted by Gasteiger charge is 2.23. The maximum Gasteiger partial charge on any atom is 0.250 e. The molecule has 5 nitrogen and oxygen atoms in total. The van der Waals surface area contributed by atoms with Gasteiger partial charge in [-0.3, -0.25) is 0 Å². The second-order valence-corrected chi connectivity index (χ2v) is 8.92. The van der Waals surface area contributed by atoms with Crippen LogP contribution in [0.25, 0.3) is 0 Å². The summed E-state index contributed by atoms with van der Waals surface area (Å²) >= 11 is 2.71. The fourth-order valence-corrected chi connectivity index (χ4v) is 5.08. The van der Waals surface area contributed by atoms with Gasteiger partial charge in [-0.2, -0.15) is 0 Å². The molecule has 8 heteroatoms. The number of thiophene rings is 1. The average Bonchev–Trinajstić information content (AvgIpc) is 2.96. The van der Waals surface area contributed by atoms with Crippen molar-refractivity contribution in [2.45, 2.75) is 42.6 Å². The van der Waals surface area contributed by atoms with Crippen LogP contribution in [0.1, 0.15) is 36.4 Å². The van der Waals surface area contributed by atoms with E-state index in [2.05, 4.69) is 15.0 Å². The van der Waals surface area contributed by atoms with E-state index in [1.54, 1.807) is 19.2 Å². The molecule has 0 aliphatic heterocycles. The zero-order chi connectivity index (χ0) is 14.9. The van der Waals surface area contributed by atoms with Crippen molar-refractivity contribution in [3.63, 3.8) is 0 Å². The third-order valence-electron chi connectivity index (χ3n) is 3.22. The first-order valence-electron chi connectivity index (χ1n) is 6.77. The van der Waals surface area contributed by atoms with Crippen LogP contribution in [-0.2, 0) is 16.6 Å². The lowest BCUT2D eigenvalue weighted by atomic mass is 10.3. The number of rotatable bonds is 7. The minimum absolute atomic E-state index is 0.315. The first-order chi connectivity index (χ1) is 10.0. The Morgan fingerprint density at radius 2 is 2.24 bits per heavy atom. The van der Waals surface area contributed by atoms with E-state index >= 15 is 0 Å². The molecule has 1 unspecified atom stereocenters. The van der Waals surface area contributed by atoms with Crippen LogP contribution in [0, 0.1) is 0 Å². The lowest BCUT2D eigenvalue weighted by Gasteiger charge is -2.10. The summed E-state index contributed by atoms with van der Waals surface area (Å²) in [5, 5.41) is 7.89. The molecule has 1 fully saturated rings. The Morgan fingerprint density at radius 3 is 2.90 bits per heavy atom. The molecule has 0 spiro atoms. The van der Waals surface area contributed by atoms with Crippen molar-refractivity contribution >= 4 is 32.7 Å². The molecule has 0 radical (unpaired) electrons. The van der Waals surface area contributed by atoms with E-state index in [1.165, 1.54) is 35.5 Å². The second kappa shape index (κ2) is 6.13. The van der Waals surface area contributed by atoms with Crippen LogP contribution in [0.3, 0.4) is 0 Å². The normalized spacial score (nSPS) is 17.0. The fourth-order valence-electron chi connectivity index (χ4n) is 1.93. The molecule has 0 aromatic carbocycles. The number of hydrogen-bond acceptors (Lipinski definition) is 6. The minimum atomic E-state index is -3.48. The van der Waals surface area contributed by atoms with Gasteiger partial charge in [0.15, 0.2) is 0 Å². The van der Waals surface area contributed by atoms with Gasteiger partial charge < -0.3 is 5.32 Å². The zero-order valence-corrected chi connectivity index (χ0v) is 14.0. The number of sulfonamides is 1. The standard InChI is InChI=1S/C13H17N3O2S3/c1-9(13-14-4-5-19-13)16-21(17,18)12-6-10(8-20-12)7-15-11-2-3-11/h4-6,8-9,11,15-16H,2-3,7H2,1H3. The van der Waals surface area contributed by atoms with E-state index in [0.717, 1.165) is 17.1 Å². The molecule has 1 aliphatic rings. The summed E-state index contributed by atoms with van der Waals surface area (Å²) in [7, 11) is -3.48. The van der Waals surface area contributed by atoms with Crippen molar-refractivity contribution in [2.75, 3.05) is 0 Å². The van der Waals surface area contributed by atoms with E-state index in [0.29, 0.717) is 10.3 Å². The molecule has 0 saturated heterocycles. The van der Waals surface area contributed by atoms with Crippen LogP contribution >= 0.6 is 22.7 Å². The van der Waals surface area contributed by atoms with Gasteiger partial charge in [-0.1, -0.05) is 0 Å². The van der Waals surface area contributed by atoms with Gasteiger partial charge in [0.1, 0.15) is 9.22 Å². The number of nitrogens with one attached hydrogen (secondary N) is 2. The first-order valence-corrected chi connectivity index (χ1v) is 10.0. The summed E-state index contributed by atoms with van der Waals surface area (Å²) in [5.74, 6) is 0. The molecular formula is C13H17N3O2S3. The summed E-state index contributed by atoms with van der Waals surface area (Å²) in [5.41, 5.74) is 1.02. The van der Waals surface area contributed by atoms with Gasteiger partial charge in [-0.05, 0) is 36.8 Å². The molecule has 1 aliphatic carbocycles. The largest absolute Gasteiger partial charge is 0.310 e. The molecule has 1 atom stereocenters. The van der Waals surface area contributed by atoms with Crippen molar-refractivity contribution < 1.29 is 8.42 Å². The van der Waals surface area contributed by atoms with Crippen LogP contribution in [0.15, 0.2) is 27.2 Å². The molecule has 2 heterocycles. The second-order valence-electron chi connectivity index (χ2n) is 5.14. The van der Waals surface area contributed by atoms with Crippen molar-refractivity contribution in [3.8, 4) is 0 Å². The highest BCUT2D eigenvalue weighted by molar-refractivity contribution is 7.91. The van der Waals surface area contributed by atoms with Gasteiger partial charge in [-0.15, -0.1) is 22.7 Å². The summed E-state index contributed by atoms with van der Waals surface area (Å²) < 4.78 is 27.8. The quantitative estimate of drug-likeness (QED) is 0.810. The van der Waals surface area contributed by atoms with Crippen LogP contribution in [-0.4, -0.2) is 19.4 Å². The number of aromatic nitrogens is 1. The van der Waals surface area contributed by atoms with Gasteiger partial charge in [0.2, 0.25) is 0 Å². The van der Waals surface area contributed by atoms with E-state index in [9.17, 15) is 8.42 Å².